The van der Waals surface area contributed by atoms with E-state index in [0.29, 0.717) is 12.0 Å². The second-order valence-electron chi connectivity index (χ2n) is 6.93. The van der Waals surface area contributed by atoms with Gasteiger partial charge in [0.1, 0.15) is 12.1 Å². The molecule has 3 N–H and O–H groups in total. The van der Waals surface area contributed by atoms with E-state index in [-0.39, 0.29) is 27.2 Å². The Kier molecular flexibility index (Phi) is 66.6. The smallest absolute Gasteiger partial charge is 0.143 e. The van der Waals surface area contributed by atoms with Crippen molar-refractivity contribution in [1.82, 2.24) is 0 Å². The summed E-state index contributed by atoms with van der Waals surface area (Å²) in [4.78, 5) is 18.5. The molecule has 0 amide bonds. The lowest BCUT2D eigenvalue weighted by molar-refractivity contribution is -0.115. The van der Waals surface area contributed by atoms with Crippen LogP contribution < -0.4 is 5.73 Å². The van der Waals surface area contributed by atoms with Crippen molar-refractivity contribution < 1.29 is 14.7 Å². The third-order valence-electron chi connectivity index (χ3n) is 4.44. The molecule has 0 aliphatic carbocycles. The summed E-state index contributed by atoms with van der Waals surface area (Å²) in [5.74, 6) is 1.02. The maximum absolute atomic E-state index is 9.69. The summed E-state index contributed by atoms with van der Waals surface area (Å²) in [6.45, 7) is 21.0. The van der Waals surface area contributed by atoms with Gasteiger partial charge in [0.2, 0.25) is 0 Å². The molecule has 0 spiro atoms. The van der Waals surface area contributed by atoms with Crippen LogP contribution in [0, 0.1) is 11.3 Å². The number of carbonyl (C=O) groups is 2. The number of hydrogen-bond acceptors (Lipinski definition) is 4. The molecule has 0 aromatic heterocycles. The number of Topliss-reactive ketones (excluding diaryl/α,β-unsaturated/α-hetero) is 1. The predicted molar refractivity (Wildman–Crippen MR) is 136 cm³/mol. The molecule has 4 heteroatoms. The van der Waals surface area contributed by atoms with E-state index >= 15 is 0 Å². The van der Waals surface area contributed by atoms with Gasteiger partial charge in [0.25, 0.3) is 0 Å². The van der Waals surface area contributed by atoms with Crippen molar-refractivity contribution in [2.75, 3.05) is 13.2 Å². The van der Waals surface area contributed by atoms with Crippen molar-refractivity contribution in [2.45, 2.75) is 129 Å². The second-order valence-corrected chi connectivity index (χ2v) is 6.93. The SMILES string of the molecule is C.C.CC(=O)CN.CC=O.CCC.CCC(C)(CC)CCO.CCC(CC)CC. The number of aldehydes is 1. The van der Waals surface area contributed by atoms with E-state index < -0.39 is 0 Å². The molecule has 0 atom stereocenters. The van der Waals surface area contributed by atoms with Gasteiger partial charge in [-0.15, -0.1) is 0 Å². The van der Waals surface area contributed by atoms with Gasteiger partial charge in [-0.3, -0.25) is 4.79 Å². The maximum atomic E-state index is 9.69. The van der Waals surface area contributed by atoms with Crippen LogP contribution in [0.3, 0.4) is 0 Å². The number of aliphatic hydroxyl groups is 1. The first-order valence-electron chi connectivity index (χ1n) is 10.8. The highest BCUT2D eigenvalue weighted by atomic mass is 16.3. The first-order chi connectivity index (χ1) is 12.6. The van der Waals surface area contributed by atoms with Gasteiger partial charge in [-0.05, 0) is 31.6 Å². The zero-order chi connectivity index (χ0) is 22.7. The number of carbonyl (C=O) groups excluding carboxylic acids is 2. The minimum Gasteiger partial charge on any atom is -0.396 e. The van der Waals surface area contributed by atoms with Crippen molar-refractivity contribution >= 4 is 12.1 Å². The average molecular weight is 424 g/mol. The van der Waals surface area contributed by atoms with Gasteiger partial charge in [0.05, 0.1) is 6.54 Å². The summed E-state index contributed by atoms with van der Waals surface area (Å²) in [5.41, 5.74) is 5.21. The molecule has 0 aliphatic rings. The molecule has 0 aromatic rings. The van der Waals surface area contributed by atoms with E-state index in [0.717, 1.165) is 18.6 Å². The summed E-state index contributed by atoms with van der Waals surface area (Å²) in [7, 11) is 0. The Labute approximate surface area is 186 Å². The Bertz CT molecular complexity index is 255. The van der Waals surface area contributed by atoms with Gasteiger partial charge in [0.15, 0.2) is 0 Å². The van der Waals surface area contributed by atoms with Gasteiger partial charge in [-0.1, -0.05) is 109 Å². The van der Waals surface area contributed by atoms with E-state index in [1.54, 1.807) is 0 Å². The molecule has 0 saturated carbocycles. The Morgan fingerprint density at radius 2 is 1.21 bits per heavy atom. The summed E-state index contributed by atoms with van der Waals surface area (Å²) in [6.07, 6.45) is 9.35. The molecule has 0 fully saturated rings. The van der Waals surface area contributed by atoms with Crippen LogP contribution in [0.4, 0.5) is 0 Å². The Morgan fingerprint density at radius 1 is 0.966 bits per heavy atom. The van der Waals surface area contributed by atoms with Crippen molar-refractivity contribution in [3.8, 4) is 0 Å². The van der Waals surface area contributed by atoms with Gasteiger partial charge >= 0.3 is 0 Å². The van der Waals surface area contributed by atoms with Crippen molar-refractivity contribution in [3.63, 3.8) is 0 Å². The quantitative estimate of drug-likeness (QED) is 0.397. The maximum Gasteiger partial charge on any atom is 0.143 e. The molecule has 0 radical (unpaired) electrons. The molecular weight excluding hydrogens is 362 g/mol. The normalized spacial score (nSPS) is 8.59. The van der Waals surface area contributed by atoms with E-state index in [1.807, 2.05) is 0 Å². The number of ketones is 1. The monoisotopic (exact) mass is 423 g/mol. The highest BCUT2D eigenvalue weighted by Crippen LogP contribution is 2.28. The van der Waals surface area contributed by atoms with Crippen LogP contribution in [0.15, 0.2) is 0 Å². The van der Waals surface area contributed by atoms with Crippen LogP contribution in [0.2, 0.25) is 0 Å². The predicted octanol–water partition coefficient (Wildman–Crippen LogP) is 7.46. The van der Waals surface area contributed by atoms with E-state index in [4.69, 9.17) is 15.6 Å². The number of hydrogen-bond donors (Lipinski definition) is 2. The second kappa shape index (κ2) is 41.6. The summed E-state index contributed by atoms with van der Waals surface area (Å²) in [6, 6.07) is 0. The topological polar surface area (TPSA) is 80.4 Å². The fourth-order valence-electron chi connectivity index (χ4n) is 1.74. The molecule has 4 nitrogen and oxygen atoms in total. The molecule has 0 unspecified atom stereocenters. The third-order valence-corrected chi connectivity index (χ3v) is 4.44. The lowest BCUT2D eigenvalue weighted by Crippen LogP contribution is -2.15. The van der Waals surface area contributed by atoms with E-state index in [9.17, 15) is 4.79 Å². The fourth-order valence-corrected chi connectivity index (χ4v) is 1.74. The van der Waals surface area contributed by atoms with Crippen LogP contribution in [0.5, 0.6) is 0 Å². The van der Waals surface area contributed by atoms with Gasteiger partial charge < -0.3 is 15.6 Å². The zero-order valence-electron chi connectivity index (χ0n) is 20.4. The molecule has 0 bridgehead atoms. The third kappa shape index (κ3) is 58.4. The number of aliphatic hydroxyl groups excluding tert-OH is 1. The van der Waals surface area contributed by atoms with Crippen LogP contribution in [0.1, 0.15) is 129 Å². The summed E-state index contributed by atoms with van der Waals surface area (Å²) in [5, 5.41) is 8.66. The fraction of sp³-hybridized carbons (Fsp3) is 0.920. The molecule has 0 aliphatic heterocycles. The van der Waals surface area contributed by atoms with Crippen molar-refractivity contribution in [2.24, 2.45) is 17.1 Å². The van der Waals surface area contributed by atoms with Crippen LogP contribution in [-0.4, -0.2) is 30.3 Å². The molecule has 184 valence electrons. The molecule has 0 saturated heterocycles. The van der Waals surface area contributed by atoms with Gasteiger partial charge in [-0.25, -0.2) is 0 Å². The molecular formula is C25H61NO3. The van der Waals surface area contributed by atoms with Crippen LogP contribution in [0.25, 0.3) is 0 Å². The summed E-state index contributed by atoms with van der Waals surface area (Å²) < 4.78 is 0. The van der Waals surface area contributed by atoms with Crippen LogP contribution in [-0.2, 0) is 9.59 Å². The van der Waals surface area contributed by atoms with Crippen molar-refractivity contribution in [3.05, 3.63) is 0 Å². The summed E-state index contributed by atoms with van der Waals surface area (Å²) >= 11 is 0. The average Bonchev–Trinajstić information content (AvgIpc) is 2.65. The van der Waals surface area contributed by atoms with Gasteiger partial charge in [0, 0.05) is 6.61 Å². The largest absolute Gasteiger partial charge is 0.396 e. The number of nitrogens with two attached hydrogens (primary N) is 1. The highest BCUT2D eigenvalue weighted by molar-refractivity contribution is 5.77. The first-order valence-corrected chi connectivity index (χ1v) is 10.8. The molecule has 0 aromatic carbocycles. The lowest BCUT2D eigenvalue weighted by Gasteiger charge is -2.24. The molecule has 29 heavy (non-hydrogen) atoms. The Morgan fingerprint density at radius 3 is 1.24 bits per heavy atom. The minimum absolute atomic E-state index is 0. The number of rotatable bonds is 8. The van der Waals surface area contributed by atoms with Crippen molar-refractivity contribution in [1.29, 1.82) is 0 Å². The first kappa shape index (κ1) is 46.5. The van der Waals surface area contributed by atoms with E-state index in [1.165, 1.54) is 52.4 Å². The zero-order valence-corrected chi connectivity index (χ0v) is 20.4. The Balaban J connectivity index is -0.0000000437. The molecule has 0 heterocycles. The molecule has 0 rings (SSSR count). The van der Waals surface area contributed by atoms with Crippen LogP contribution >= 0.6 is 0 Å². The standard InChI is InChI=1S/C8H18O.C7H16.C3H7NO.C3H8.C2H4O.2CH4/c1-4-8(3,5-2)6-7-9;1-4-7(5-2)6-3;1-3(5)2-4;1-3-2;1-2-3;;/h9H,4-7H2,1-3H3;7H,4-6H2,1-3H3;2,4H2,1H3;3H2,1-2H3;2H,1H3;2*1H4. The Hall–Kier alpha value is -0.740. The highest BCUT2D eigenvalue weighted by Gasteiger charge is 2.17. The van der Waals surface area contributed by atoms with Gasteiger partial charge in [-0.2, -0.15) is 0 Å². The lowest BCUT2D eigenvalue weighted by atomic mass is 9.82. The van der Waals surface area contributed by atoms with E-state index in [2.05, 4.69) is 55.4 Å². The minimum atomic E-state index is 0.